The quantitative estimate of drug-likeness (QED) is 0.651. The lowest BCUT2D eigenvalue weighted by Crippen LogP contribution is -2.38. The van der Waals surface area contributed by atoms with Gasteiger partial charge in [-0.1, -0.05) is 29.5 Å². The Morgan fingerprint density at radius 3 is 2.74 bits per heavy atom. The summed E-state index contributed by atoms with van der Waals surface area (Å²) in [6.07, 6.45) is 7.66. The zero-order chi connectivity index (χ0) is 21.2. The van der Waals surface area contributed by atoms with Crippen LogP contribution in [0.5, 0.6) is 0 Å². The first-order valence-electron chi connectivity index (χ1n) is 10.7. The molecule has 2 amide bonds. The van der Waals surface area contributed by atoms with Crippen molar-refractivity contribution >= 4 is 11.8 Å². The fourth-order valence-electron chi connectivity index (χ4n) is 4.48. The number of hydrogen-bond acceptors (Lipinski definition) is 5. The van der Waals surface area contributed by atoms with Crippen LogP contribution < -0.4 is 0 Å². The first-order chi connectivity index (χ1) is 15.2. The van der Waals surface area contributed by atoms with Crippen molar-refractivity contribution in [2.45, 2.75) is 38.4 Å². The average molecular weight is 416 g/mol. The number of hydrogen-bond donors (Lipinski definition) is 0. The molecule has 0 N–H and O–H groups in total. The minimum absolute atomic E-state index is 0.0148. The van der Waals surface area contributed by atoms with E-state index in [9.17, 15) is 9.59 Å². The molecule has 0 saturated carbocycles. The highest BCUT2D eigenvalue weighted by Gasteiger charge is 2.31. The molecule has 0 bridgehead atoms. The molecule has 158 valence electrons. The number of carbonyl (C=O) groups excluding carboxylic acids is 2. The van der Waals surface area contributed by atoms with Gasteiger partial charge in [0.15, 0.2) is 5.69 Å². The summed E-state index contributed by atoms with van der Waals surface area (Å²) >= 11 is 0. The van der Waals surface area contributed by atoms with Crippen LogP contribution in [0.4, 0.5) is 0 Å². The fraction of sp³-hybridized carbons (Fsp3) is 0.348. The normalized spacial score (nSPS) is 18.1. The van der Waals surface area contributed by atoms with E-state index in [4.69, 9.17) is 0 Å². The largest absolute Gasteiger partial charge is 0.334 e. The van der Waals surface area contributed by atoms with Gasteiger partial charge in [-0.3, -0.25) is 14.6 Å². The maximum absolute atomic E-state index is 13.0. The second kappa shape index (κ2) is 8.29. The number of carbonyl (C=O) groups is 2. The lowest BCUT2D eigenvalue weighted by atomic mass is 10.00. The van der Waals surface area contributed by atoms with Crippen LogP contribution in [0.15, 0.2) is 55.0 Å². The number of fused-ring (bicyclic) bond motifs is 1. The third-order valence-electron chi connectivity index (χ3n) is 6.12. The fourth-order valence-corrected chi connectivity index (χ4v) is 4.48. The molecule has 2 aromatic heterocycles. The number of likely N-dealkylation sites (tertiary alicyclic amines) is 1. The van der Waals surface area contributed by atoms with Crippen molar-refractivity contribution in [3.05, 3.63) is 77.4 Å². The van der Waals surface area contributed by atoms with E-state index in [1.807, 2.05) is 21.9 Å². The van der Waals surface area contributed by atoms with Gasteiger partial charge in [-0.15, -0.1) is 5.10 Å². The van der Waals surface area contributed by atoms with Crippen molar-refractivity contribution in [3.8, 4) is 0 Å². The molecule has 0 radical (unpaired) electrons. The molecule has 31 heavy (non-hydrogen) atoms. The molecule has 1 fully saturated rings. The van der Waals surface area contributed by atoms with Crippen molar-refractivity contribution in [2.75, 3.05) is 13.1 Å². The van der Waals surface area contributed by atoms with Crippen LogP contribution in [0.3, 0.4) is 0 Å². The van der Waals surface area contributed by atoms with Crippen LogP contribution in [0.1, 0.15) is 44.8 Å². The Kier molecular flexibility index (Phi) is 5.19. The molecule has 1 unspecified atom stereocenters. The van der Waals surface area contributed by atoms with Crippen molar-refractivity contribution in [2.24, 2.45) is 0 Å². The van der Waals surface area contributed by atoms with Crippen LogP contribution >= 0.6 is 0 Å². The first-order valence-corrected chi connectivity index (χ1v) is 10.7. The Labute approximate surface area is 180 Å². The van der Waals surface area contributed by atoms with Crippen LogP contribution in [0, 0.1) is 0 Å². The smallest absolute Gasteiger partial charge is 0.276 e. The number of amides is 2. The van der Waals surface area contributed by atoms with Crippen LogP contribution in [-0.2, 0) is 19.5 Å². The summed E-state index contributed by atoms with van der Waals surface area (Å²) in [5, 5.41) is 8.30. The minimum atomic E-state index is -0.101. The van der Waals surface area contributed by atoms with Gasteiger partial charge in [-0.05, 0) is 42.5 Å². The molecule has 2 aliphatic rings. The van der Waals surface area contributed by atoms with Gasteiger partial charge in [0.05, 0.1) is 24.3 Å². The lowest BCUT2D eigenvalue weighted by Gasteiger charge is -2.28. The number of nitrogens with zero attached hydrogens (tertiary/aromatic N) is 6. The maximum Gasteiger partial charge on any atom is 0.276 e. The number of pyridine rings is 1. The summed E-state index contributed by atoms with van der Waals surface area (Å²) in [6.45, 7) is 2.51. The molecule has 1 atom stereocenters. The van der Waals surface area contributed by atoms with E-state index in [2.05, 4.69) is 27.4 Å². The molecule has 1 aromatic carbocycles. The third-order valence-corrected chi connectivity index (χ3v) is 6.12. The maximum atomic E-state index is 13.0. The molecule has 0 aliphatic carbocycles. The molecule has 4 heterocycles. The Hall–Kier alpha value is -3.55. The molecule has 3 aromatic rings. The standard InChI is InChI=1S/C23H24N6O2/c30-22(18-7-3-10-24-13-18)29-11-4-8-20(29)15-28-16-21(25-26-28)23(31)27-12-9-17-5-1-2-6-19(17)14-27/h1-3,5-7,10,13,16,20H,4,8-9,11-12,14-15H2. The van der Waals surface area contributed by atoms with E-state index in [0.717, 1.165) is 19.3 Å². The highest BCUT2D eigenvalue weighted by atomic mass is 16.2. The molecule has 5 rings (SSSR count). The average Bonchev–Trinajstić information content (AvgIpc) is 3.48. The van der Waals surface area contributed by atoms with Gasteiger partial charge in [0.25, 0.3) is 11.8 Å². The number of rotatable bonds is 4. The van der Waals surface area contributed by atoms with E-state index in [1.165, 1.54) is 11.1 Å². The van der Waals surface area contributed by atoms with Crippen molar-refractivity contribution < 1.29 is 9.59 Å². The monoisotopic (exact) mass is 416 g/mol. The Morgan fingerprint density at radius 1 is 1.03 bits per heavy atom. The molecule has 1 saturated heterocycles. The summed E-state index contributed by atoms with van der Waals surface area (Å²) in [7, 11) is 0. The summed E-state index contributed by atoms with van der Waals surface area (Å²) in [4.78, 5) is 33.6. The highest BCUT2D eigenvalue weighted by Crippen LogP contribution is 2.22. The van der Waals surface area contributed by atoms with Gasteiger partial charge in [0, 0.05) is 32.0 Å². The van der Waals surface area contributed by atoms with Gasteiger partial charge < -0.3 is 9.80 Å². The summed E-state index contributed by atoms with van der Waals surface area (Å²) in [5.74, 6) is -0.116. The van der Waals surface area contributed by atoms with Gasteiger partial charge in [-0.25, -0.2) is 4.68 Å². The predicted octanol–water partition coefficient (Wildman–Crippen LogP) is 2.18. The highest BCUT2D eigenvalue weighted by molar-refractivity contribution is 5.94. The minimum Gasteiger partial charge on any atom is -0.334 e. The molecular weight excluding hydrogens is 392 g/mol. The van der Waals surface area contributed by atoms with E-state index >= 15 is 0 Å². The Balaban J connectivity index is 1.25. The third kappa shape index (κ3) is 3.93. The van der Waals surface area contributed by atoms with E-state index < -0.39 is 0 Å². The second-order valence-electron chi connectivity index (χ2n) is 8.11. The van der Waals surface area contributed by atoms with Gasteiger partial charge in [0.1, 0.15) is 0 Å². The molecule has 8 heteroatoms. The summed E-state index contributed by atoms with van der Waals surface area (Å²) < 4.78 is 1.69. The molecule has 8 nitrogen and oxygen atoms in total. The zero-order valence-corrected chi connectivity index (χ0v) is 17.2. The topological polar surface area (TPSA) is 84.2 Å². The van der Waals surface area contributed by atoms with E-state index in [0.29, 0.717) is 37.4 Å². The van der Waals surface area contributed by atoms with Gasteiger partial charge >= 0.3 is 0 Å². The molecular formula is C23H24N6O2. The van der Waals surface area contributed by atoms with E-state index in [1.54, 1.807) is 35.4 Å². The first kappa shape index (κ1) is 19.4. The Bertz CT molecular complexity index is 1100. The van der Waals surface area contributed by atoms with Crippen LogP contribution in [0.2, 0.25) is 0 Å². The van der Waals surface area contributed by atoms with Crippen molar-refractivity contribution in [1.82, 2.24) is 29.8 Å². The van der Waals surface area contributed by atoms with Gasteiger partial charge in [0.2, 0.25) is 0 Å². The van der Waals surface area contributed by atoms with Crippen LogP contribution in [-0.4, -0.2) is 60.7 Å². The second-order valence-corrected chi connectivity index (χ2v) is 8.11. The number of aromatic nitrogens is 4. The predicted molar refractivity (Wildman–Crippen MR) is 113 cm³/mol. The van der Waals surface area contributed by atoms with Gasteiger partial charge in [-0.2, -0.15) is 0 Å². The molecule has 0 spiro atoms. The summed E-state index contributed by atoms with van der Waals surface area (Å²) in [6, 6.07) is 11.8. The SMILES string of the molecule is O=C(c1cn(CC2CCCN2C(=O)c2cccnc2)nn1)N1CCc2ccccc2C1. The Morgan fingerprint density at radius 2 is 1.90 bits per heavy atom. The lowest BCUT2D eigenvalue weighted by molar-refractivity contribution is 0.0714. The van der Waals surface area contributed by atoms with E-state index in [-0.39, 0.29) is 17.9 Å². The summed E-state index contributed by atoms with van der Waals surface area (Å²) in [5.41, 5.74) is 3.43. The number of benzene rings is 1. The zero-order valence-electron chi connectivity index (χ0n) is 17.2. The molecule has 2 aliphatic heterocycles. The van der Waals surface area contributed by atoms with Crippen LogP contribution in [0.25, 0.3) is 0 Å². The van der Waals surface area contributed by atoms with Crippen molar-refractivity contribution in [3.63, 3.8) is 0 Å². The van der Waals surface area contributed by atoms with Crippen molar-refractivity contribution in [1.29, 1.82) is 0 Å².